The number of benzene rings is 4. The van der Waals surface area contributed by atoms with Crippen molar-refractivity contribution in [3.63, 3.8) is 0 Å². The van der Waals surface area contributed by atoms with Crippen LogP contribution in [-0.2, 0) is 11.3 Å². The molecule has 0 aliphatic heterocycles. The molecule has 0 N–H and O–H groups in total. The summed E-state index contributed by atoms with van der Waals surface area (Å²) in [5.41, 5.74) is 6.23. The van der Waals surface area contributed by atoms with Gasteiger partial charge < -0.3 is 4.90 Å². The van der Waals surface area contributed by atoms with E-state index in [-0.39, 0.29) is 18.5 Å². The van der Waals surface area contributed by atoms with Gasteiger partial charge in [0.1, 0.15) is 0 Å². The molecule has 0 saturated heterocycles. The second-order valence-electron chi connectivity index (χ2n) is 9.62. The van der Waals surface area contributed by atoms with E-state index in [1.807, 2.05) is 68.7 Å². The maximum atomic E-state index is 13.2. The Kier molecular flexibility index (Phi) is 7.97. The first-order valence-electron chi connectivity index (χ1n) is 12.7. The molecule has 0 fully saturated rings. The SMILES string of the molecule is CN(C)C(=O)CN(Cc1ccccc1)C(c1ccccc1)c1cc2cc(Br)ccc2nc1-c1ccccc1. The van der Waals surface area contributed by atoms with Crippen LogP contribution in [-0.4, -0.2) is 41.3 Å². The fraction of sp³-hybridized carbons (Fsp3) is 0.152. The molecular weight excluding hydrogens is 534 g/mol. The van der Waals surface area contributed by atoms with E-state index in [0.29, 0.717) is 6.54 Å². The smallest absolute Gasteiger partial charge is 0.236 e. The summed E-state index contributed by atoms with van der Waals surface area (Å²) in [4.78, 5) is 22.3. The van der Waals surface area contributed by atoms with E-state index < -0.39 is 0 Å². The summed E-state index contributed by atoms with van der Waals surface area (Å²) in [6.45, 7) is 0.886. The number of aromatic nitrogens is 1. The number of halogens is 1. The number of hydrogen-bond donors (Lipinski definition) is 0. The minimum atomic E-state index is -0.202. The highest BCUT2D eigenvalue weighted by atomic mass is 79.9. The van der Waals surface area contributed by atoms with Crippen LogP contribution in [0, 0.1) is 0 Å². The largest absolute Gasteiger partial charge is 0.348 e. The third-order valence-electron chi connectivity index (χ3n) is 6.69. The first kappa shape index (κ1) is 25.8. The molecule has 0 aliphatic rings. The summed E-state index contributed by atoms with van der Waals surface area (Å²) in [5.74, 6) is 0.0552. The topological polar surface area (TPSA) is 36.4 Å². The highest BCUT2D eigenvalue weighted by Crippen LogP contribution is 2.38. The lowest BCUT2D eigenvalue weighted by Crippen LogP contribution is -2.39. The van der Waals surface area contributed by atoms with Crippen molar-refractivity contribution in [2.75, 3.05) is 20.6 Å². The maximum absolute atomic E-state index is 13.2. The van der Waals surface area contributed by atoms with Crippen LogP contribution in [0.2, 0.25) is 0 Å². The van der Waals surface area contributed by atoms with Gasteiger partial charge in [-0.2, -0.15) is 0 Å². The van der Waals surface area contributed by atoms with Crippen LogP contribution in [0.1, 0.15) is 22.7 Å². The highest BCUT2D eigenvalue weighted by molar-refractivity contribution is 9.10. The molecule has 1 atom stereocenters. The molecule has 1 aromatic heterocycles. The zero-order valence-electron chi connectivity index (χ0n) is 21.6. The lowest BCUT2D eigenvalue weighted by molar-refractivity contribution is -0.130. The summed E-state index contributed by atoms with van der Waals surface area (Å²) in [7, 11) is 3.62. The lowest BCUT2D eigenvalue weighted by atomic mass is 9.91. The number of amides is 1. The first-order chi connectivity index (χ1) is 18.5. The second-order valence-corrected chi connectivity index (χ2v) is 10.5. The Balaban J connectivity index is 1.76. The monoisotopic (exact) mass is 563 g/mol. The Bertz CT molecular complexity index is 1520. The molecule has 1 amide bonds. The van der Waals surface area contributed by atoms with Crippen LogP contribution in [0.5, 0.6) is 0 Å². The third kappa shape index (κ3) is 5.85. The fourth-order valence-electron chi connectivity index (χ4n) is 4.79. The molecule has 5 heteroatoms. The van der Waals surface area contributed by atoms with Crippen molar-refractivity contribution in [2.45, 2.75) is 12.6 Å². The predicted molar refractivity (Wildman–Crippen MR) is 159 cm³/mol. The molecule has 4 nitrogen and oxygen atoms in total. The van der Waals surface area contributed by atoms with E-state index in [0.717, 1.165) is 43.3 Å². The quantitative estimate of drug-likeness (QED) is 0.198. The number of pyridine rings is 1. The van der Waals surface area contributed by atoms with E-state index in [4.69, 9.17) is 4.98 Å². The Morgan fingerprint density at radius 2 is 1.45 bits per heavy atom. The van der Waals surface area contributed by atoms with Gasteiger partial charge in [-0.05, 0) is 35.4 Å². The van der Waals surface area contributed by atoms with Crippen molar-refractivity contribution in [2.24, 2.45) is 0 Å². The average molecular weight is 565 g/mol. The van der Waals surface area contributed by atoms with Crippen molar-refractivity contribution in [1.82, 2.24) is 14.8 Å². The minimum absolute atomic E-state index is 0.0552. The molecule has 1 unspecified atom stereocenters. The summed E-state index contributed by atoms with van der Waals surface area (Å²) in [6, 6.07) is 39.3. The summed E-state index contributed by atoms with van der Waals surface area (Å²) in [5, 5.41) is 1.05. The number of fused-ring (bicyclic) bond motifs is 1. The first-order valence-corrected chi connectivity index (χ1v) is 13.5. The van der Waals surface area contributed by atoms with Crippen LogP contribution in [0.4, 0.5) is 0 Å². The van der Waals surface area contributed by atoms with E-state index in [2.05, 4.69) is 81.5 Å². The number of hydrogen-bond acceptors (Lipinski definition) is 3. The van der Waals surface area contributed by atoms with E-state index in [1.165, 1.54) is 0 Å². The fourth-order valence-corrected chi connectivity index (χ4v) is 5.17. The normalized spacial score (nSPS) is 12.0. The Hall–Kier alpha value is -3.80. The Morgan fingerprint density at radius 1 is 0.816 bits per heavy atom. The third-order valence-corrected chi connectivity index (χ3v) is 7.19. The van der Waals surface area contributed by atoms with Crippen molar-refractivity contribution in [1.29, 1.82) is 0 Å². The van der Waals surface area contributed by atoms with Crippen molar-refractivity contribution in [3.8, 4) is 11.3 Å². The van der Waals surface area contributed by atoms with E-state index >= 15 is 0 Å². The molecule has 0 saturated carbocycles. The number of likely N-dealkylation sites (N-methyl/N-ethyl adjacent to an activating group) is 1. The standard InChI is InChI=1S/C33H30BrN3O/c1-36(2)31(38)23-37(22-24-12-6-3-7-13-24)33(26-16-10-5-11-17-26)29-21-27-20-28(34)18-19-30(27)35-32(29)25-14-8-4-9-15-25/h3-21,33H,22-23H2,1-2H3. The number of nitrogens with zero attached hydrogens (tertiary/aromatic N) is 3. The van der Waals surface area contributed by atoms with Gasteiger partial charge in [0.05, 0.1) is 23.8 Å². The Morgan fingerprint density at radius 3 is 2.11 bits per heavy atom. The molecule has 5 rings (SSSR count). The summed E-state index contributed by atoms with van der Waals surface area (Å²) in [6.07, 6.45) is 0. The van der Waals surface area contributed by atoms with E-state index in [9.17, 15) is 4.79 Å². The number of rotatable bonds is 8. The zero-order valence-corrected chi connectivity index (χ0v) is 23.2. The lowest BCUT2D eigenvalue weighted by Gasteiger charge is -2.34. The summed E-state index contributed by atoms with van der Waals surface area (Å²) < 4.78 is 1.00. The molecule has 0 bridgehead atoms. The van der Waals surface area contributed by atoms with Crippen LogP contribution in [0.15, 0.2) is 120 Å². The molecule has 0 aliphatic carbocycles. The van der Waals surface area contributed by atoms with Crippen LogP contribution < -0.4 is 0 Å². The molecule has 38 heavy (non-hydrogen) atoms. The van der Waals surface area contributed by atoms with Crippen LogP contribution in [0.3, 0.4) is 0 Å². The summed E-state index contributed by atoms with van der Waals surface area (Å²) >= 11 is 3.64. The average Bonchev–Trinajstić information content (AvgIpc) is 2.94. The molecule has 5 aromatic rings. The molecule has 0 spiro atoms. The number of carbonyl (C=O) groups excluding carboxylic acids is 1. The number of carbonyl (C=O) groups is 1. The van der Waals surface area contributed by atoms with Gasteiger partial charge in [0.2, 0.25) is 5.91 Å². The van der Waals surface area contributed by atoms with Crippen LogP contribution >= 0.6 is 15.9 Å². The molecule has 190 valence electrons. The van der Waals surface area contributed by atoms with E-state index in [1.54, 1.807) is 4.90 Å². The Labute approximate surface area is 232 Å². The van der Waals surface area contributed by atoms with Gasteiger partial charge in [0.15, 0.2) is 0 Å². The van der Waals surface area contributed by atoms with Gasteiger partial charge >= 0.3 is 0 Å². The van der Waals surface area contributed by atoms with Gasteiger partial charge in [0, 0.05) is 41.6 Å². The van der Waals surface area contributed by atoms with Crippen molar-refractivity contribution >= 4 is 32.7 Å². The minimum Gasteiger partial charge on any atom is -0.348 e. The van der Waals surface area contributed by atoms with Gasteiger partial charge in [-0.15, -0.1) is 0 Å². The highest BCUT2D eigenvalue weighted by Gasteiger charge is 2.29. The van der Waals surface area contributed by atoms with Crippen molar-refractivity contribution in [3.05, 3.63) is 136 Å². The molecule has 1 heterocycles. The maximum Gasteiger partial charge on any atom is 0.236 e. The van der Waals surface area contributed by atoms with Gasteiger partial charge in [-0.1, -0.05) is 107 Å². The molecule has 0 radical (unpaired) electrons. The van der Waals surface area contributed by atoms with Gasteiger partial charge in [0.25, 0.3) is 0 Å². The molecule has 4 aromatic carbocycles. The molecular formula is C33H30BrN3O. The van der Waals surface area contributed by atoms with Gasteiger partial charge in [-0.25, -0.2) is 4.98 Å². The zero-order chi connectivity index (χ0) is 26.5. The van der Waals surface area contributed by atoms with Crippen LogP contribution in [0.25, 0.3) is 22.2 Å². The van der Waals surface area contributed by atoms with Gasteiger partial charge in [-0.3, -0.25) is 9.69 Å². The second kappa shape index (κ2) is 11.7. The predicted octanol–water partition coefficient (Wildman–Crippen LogP) is 7.34. The van der Waals surface area contributed by atoms with Crippen molar-refractivity contribution < 1.29 is 4.79 Å².